The van der Waals surface area contributed by atoms with Crippen LogP contribution < -0.4 is 10.2 Å². The van der Waals surface area contributed by atoms with Crippen LogP contribution in [0, 0.1) is 0 Å². The van der Waals surface area contributed by atoms with Crippen LogP contribution in [0.2, 0.25) is 0 Å². The van der Waals surface area contributed by atoms with Crippen LogP contribution in [0.5, 0.6) is 5.88 Å². The molecule has 1 amide bonds. The average molecular weight is 250 g/mol. The molecular weight excluding hydrogens is 232 g/mol. The second-order valence-corrected chi connectivity index (χ2v) is 4.32. The highest BCUT2D eigenvalue weighted by molar-refractivity contribution is 5.94. The minimum atomic E-state index is -0.125. The van der Waals surface area contributed by atoms with Gasteiger partial charge in [-0.1, -0.05) is 0 Å². The van der Waals surface area contributed by atoms with Crippen molar-refractivity contribution in [2.75, 3.05) is 40.3 Å². The van der Waals surface area contributed by atoms with E-state index >= 15 is 0 Å². The quantitative estimate of drug-likeness (QED) is 0.817. The molecule has 2 rings (SSSR count). The molecule has 1 aromatic heterocycles. The number of likely N-dealkylation sites (N-methyl/N-ethyl adjacent to an activating group) is 1. The van der Waals surface area contributed by atoms with E-state index in [1.807, 2.05) is 5.01 Å². The number of hydrazine groups is 1. The standard InChI is InChI=1S/C12H18N4O2/c1-15-5-7-16(8-6-15)14-12(17)10-3-4-13-11(9-10)18-2/h3-4,9H,5-8H2,1-2H3,(H,14,17). The summed E-state index contributed by atoms with van der Waals surface area (Å²) in [6.45, 7) is 3.59. The highest BCUT2D eigenvalue weighted by atomic mass is 16.5. The normalized spacial score (nSPS) is 17.4. The summed E-state index contributed by atoms with van der Waals surface area (Å²) in [4.78, 5) is 18.2. The summed E-state index contributed by atoms with van der Waals surface area (Å²) >= 11 is 0. The van der Waals surface area contributed by atoms with Crippen molar-refractivity contribution in [1.82, 2.24) is 20.3 Å². The molecule has 6 nitrogen and oxygen atoms in total. The Morgan fingerprint density at radius 3 is 2.78 bits per heavy atom. The molecular formula is C12H18N4O2. The van der Waals surface area contributed by atoms with E-state index in [2.05, 4.69) is 22.4 Å². The van der Waals surface area contributed by atoms with Crippen LogP contribution in [-0.4, -0.2) is 61.1 Å². The highest BCUT2D eigenvalue weighted by Crippen LogP contribution is 2.08. The molecule has 0 atom stereocenters. The SMILES string of the molecule is COc1cc(C(=O)NN2CCN(C)CC2)ccn1. The van der Waals surface area contributed by atoms with Gasteiger partial charge < -0.3 is 9.64 Å². The van der Waals surface area contributed by atoms with Gasteiger partial charge in [-0.05, 0) is 13.1 Å². The van der Waals surface area contributed by atoms with Gasteiger partial charge in [0, 0.05) is 44.0 Å². The molecule has 1 aliphatic rings. The van der Waals surface area contributed by atoms with Gasteiger partial charge in [-0.3, -0.25) is 10.2 Å². The second kappa shape index (κ2) is 5.79. The minimum absolute atomic E-state index is 0.125. The van der Waals surface area contributed by atoms with Gasteiger partial charge in [-0.25, -0.2) is 9.99 Å². The zero-order valence-electron chi connectivity index (χ0n) is 10.7. The second-order valence-electron chi connectivity index (χ2n) is 4.32. The lowest BCUT2D eigenvalue weighted by atomic mass is 10.2. The molecule has 0 aliphatic carbocycles. The first kappa shape index (κ1) is 12.8. The molecule has 0 unspecified atom stereocenters. The number of nitrogens with one attached hydrogen (secondary N) is 1. The van der Waals surface area contributed by atoms with Gasteiger partial charge in [-0.2, -0.15) is 0 Å². The number of rotatable bonds is 3. The zero-order chi connectivity index (χ0) is 13.0. The van der Waals surface area contributed by atoms with E-state index in [0.717, 1.165) is 26.2 Å². The number of carbonyl (C=O) groups is 1. The molecule has 1 N–H and O–H groups in total. The van der Waals surface area contributed by atoms with Gasteiger partial charge in [0.2, 0.25) is 5.88 Å². The maximum atomic E-state index is 12.0. The molecule has 98 valence electrons. The highest BCUT2D eigenvalue weighted by Gasteiger charge is 2.16. The van der Waals surface area contributed by atoms with Crippen molar-refractivity contribution in [2.45, 2.75) is 0 Å². The van der Waals surface area contributed by atoms with E-state index < -0.39 is 0 Å². The summed E-state index contributed by atoms with van der Waals surface area (Å²) < 4.78 is 5.00. The van der Waals surface area contributed by atoms with Crippen LogP contribution in [0.4, 0.5) is 0 Å². The zero-order valence-corrected chi connectivity index (χ0v) is 10.7. The van der Waals surface area contributed by atoms with Crippen molar-refractivity contribution in [3.05, 3.63) is 23.9 Å². The van der Waals surface area contributed by atoms with Crippen molar-refractivity contribution in [1.29, 1.82) is 0 Å². The molecule has 2 heterocycles. The Hall–Kier alpha value is -1.66. The molecule has 1 saturated heterocycles. The fourth-order valence-corrected chi connectivity index (χ4v) is 1.79. The van der Waals surface area contributed by atoms with Crippen molar-refractivity contribution in [3.63, 3.8) is 0 Å². The maximum absolute atomic E-state index is 12.0. The number of ether oxygens (including phenoxy) is 1. The average Bonchev–Trinajstić information content (AvgIpc) is 2.41. The first-order valence-electron chi connectivity index (χ1n) is 5.93. The fourth-order valence-electron chi connectivity index (χ4n) is 1.79. The van der Waals surface area contributed by atoms with E-state index in [0.29, 0.717) is 11.4 Å². The van der Waals surface area contributed by atoms with Gasteiger partial charge >= 0.3 is 0 Å². The largest absolute Gasteiger partial charge is 0.481 e. The molecule has 6 heteroatoms. The van der Waals surface area contributed by atoms with E-state index in [1.54, 1.807) is 18.3 Å². The Kier molecular flexibility index (Phi) is 4.11. The lowest BCUT2D eigenvalue weighted by molar-refractivity contribution is 0.0662. The predicted octanol–water partition coefficient (Wildman–Crippen LogP) is -0.0176. The van der Waals surface area contributed by atoms with Crippen LogP contribution in [0.1, 0.15) is 10.4 Å². The van der Waals surface area contributed by atoms with Crippen molar-refractivity contribution in [3.8, 4) is 5.88 Å². The molecule has 1 aromatic rings. The third-order valence-electron chi connectivity index (χ3n) is 2.97. The van der Waals surface area contributed by atoms with Crippen molar-refractivity contribution in [2.24, 2.45) is 0 Å². The van der Waals surface area contributed by atoms with Gasteiger partial charge in [-0.15, -0.1) is 0 Å². The third kappa shape index (κ3) is 3.18. The molecule has 0 radical (unpaired) electrons. The van der Waals surface area contributed by atoms with Crippen LogP contribution in [0.3, 0.4) is 0 Å². The van der Waals surface area contributed by atoms with E-state index in [9.17, 15) is 4.79 Å². The molecule has 1 aliphatic heterocycles. The van der Waals surface area contributed by atoms with Gasteiger partial charge in [0.15, 0.2) is 0 Å². The Morgan fingerprint density at radius 2 is 2.11 bits per heavy atom. The summed E-state index contributed by atoms with van der Waals surface area (Å²) in [5.74, 6) is 0.321. The van der Waals surface area contributed by atoms with Crippen LogP contribution in [0.15, 0.2) is 18.3 Å². The lowest BCUT2D eigenvalue weighted by Crippen LogP contribution is -2.52. The Morgan fingerprint density at radius 1 is 1.39 bits per heavy atom. The molecule has 0 bridgehead atoms. The Bertz CT molecular complexity index is 416. The Labute approximate surface area is 107 Å². The maximum Gasteiger partial charge on any atom is 0.265 e. The molecule has 0 spiro atoms. The number of aromatic nitrogens is 1. The van der Waals surface area contributed by atoms with Crippen molar-refractivity contribution < 1.29 is 9.53 Å². The van der Waals surface area contributed by atoms with E-state index in [4.69, 9.17) is 4.74 Å². The van der Waals surface area contributed by atoms with Crippen molar-refractivity contribution >= 4 is 5.91 Å². The minimum Gasteiger partial charge on any atom is -0.481 e. The van der Waals surface area contributed by atoms with Gasteiger partial charge in [0.25, 0.3) is 5.91 Å². The lowest BCUT2D eigenvalue weighted by Gasteiger charge is -2.32. The number of pyridine rings is 1. The summed E-state index contributed by atoms with van der Waals surface area (Å²) in [6, 6.07) is 3.30. The summed E-state index contributed by atoms with van der Waals surface area (Å²) in [7, 11) is 3.61. The number of carbonyl (C=O) groups excluding carboxylic acids is 1. The van der Waals surface area contributed by atoms with E-state index in [-0.39, 0.29) is 5.91 Å². The van der Waals surface area contributed by atoms with Gasteiger partial charge in [0.05, 0.1) is 7.11 Å². The Balaban J connectivity index is 1.94. The number of nitrogens with zero attached hydrogens (tertiary/aromatic N) is 3. The number of piperazine rings is 1. The number of hydrogen-bond acceptors (Lipinski definition) is 5. The topological polar surface area (TPSA) is 57.7 Å². The molecule has 18 heavy (non-hydrogen) atoms. The third-order valence-corrected chi connectivity index (χ3v) is 2.97. The number of amides is 1. The van der Waals surface area contributed by atoms with Gasteiger partial charge in [0.1, 0.15) is 0 Å². The van der Waals surface area contributed by atoms with E-state index in [1.165, 1.54) is 7.11 Å². The first-order valence-corrected chi connectivity index (χ1v) is 5.93. The van der Waals surface area contributed by atoms with Crippen LogP contribution in [-0.2, 0) is 0 Å². The molecule has 1 fully saturated rings. The monoisotopic (exact) mass is 250 g/mol. The van der Waals surface area contributed by atoms with Crippen LogP contribution in [0.25, 0.3) is 0 Å². The summed E-state index contributed by atoms with van der Waals surface area (Å²) in [5, 5.41) is 1.94. The molecule has 0 saturated carbocycles. The fraction of sp³-hybridized carbons (Fsp3) is 0.500. The predicted molar refractivity (Wildman–Crippen MR) is 67.3 cm³/mol. The van der Waals surface area contributed by atoms with Crippen LogP contribution >= 0.6 is 0 Å². The summed E-state index contributed by atoms with van der Waals surface area (Å²) in [5.41, 5.74) is 3.45. The number of hydrogen-bond donors (Lipinski definition) is 1. The first-order chi connectivity index (χ1) is 8.69. The summed E-state index contributed by atoms with van der Waals surface area (Å²) in [6.07, 6.45) is 1.57. The smallest absolute Gasteiger partial charge is 0.265 e. The molecule has 0 aromatic carbocycles. The number of methoxy groups -OCH3 is 1.